The molecule has 0 aliphatic carbocycles. The average Bonchev–Trinajstić information content (AvgIpc) is 2.39. The van der Waals surface area contributed by atoms with Crippen molar-refractivity contribution in [1.29, 1.82) is 5.26 Å². The van der Waals surface area contributed by atoms with Crippen molar-refractivity contribution in [2.75, 3.05) is 6.61 Å². The largest absolute Gasteiger partial charge is 0.462 e. The van der Waals surface area contributed by atoms with Crippen LogP contribution in [-0.2, 0) is 9.53 Å². The normalized spacial score (nSPS) is 11.5. The maximum Gasteiger partial charge on any atom is 0.351 e. The van der Waals surface area contributed by atoms with E-state index in [-0.39, 0.29) is 18.2 Å². The summed E-state index contributed by atoms with van der Waals surface area (Å²) in [5, 5.41) is 12.4. The molecule has 0 fully saturated rings. The molecule has 0 amide bonds. The van der Waals surface area contributed by atoms with Crippen molar-refractivity contribution >= 4 is 11.7 Å². The number of ether oxygens (including phenoxy) is 1. The van der Waals surface area contributed by atoms with E-state index in [0.717, 1.165) is 5.56 Å². The molecule has 4 nitrogen and oxygen atoms in total. The van der Waals surface area contributed by atoms with Crippen LogP contribution < -0.4 is 5.32 Å². The van der Waals surface area contributed by atoms with Gasteiger partial charge in [0.15, 0.2) is 5.57 Å². The highest BCUT2D eigenvalue weighted by Gasteiger charge is 2.18. The summed E-state index contributed by atoms with van der Waals surface area (Å²) >= 11 is 0. The molecule has 0 spiro atoms. The van der Waals surface area contributed by atoms with Crippen molar-refractivity contribution in [2.45, 2.75) is 26.8 Å². The van der Waals surface area contributed by atoms with Crippen molar-refractivity contribution in [3.8, 4) is 6.07 Å². The summed E-state index contributed by atoms with van der Waals surface area (Å²) in [4.78, 5) is 11.8. The van der Waals surface area contributed by atoms with Crippen molar-refractivity contribution < 1.29 is 9.53 Å². The van der Waals surface area contributed by atoms with Crippen LogP contribution in [-0.4, -0.2) is 18.6 Å². The molecular formula is C15H18N2O2. The van der Waals surface area contributed by atoms with Crippen molar-refractivity contribution in [3.05, 3.63) is 41.5 Å². The first-order chi connectivity index (χ1) is 9.10. The highest BCUT2D eigenvalue weighted by Crippen LogP contribution is 2.17. The molecule has 19 heavy (non-hydrogen) atoms. The van der Waals surface area contributed by atoms with Gasteiger partial charge in [-0.1, -0.05) is 30.3 Å². The number of nitrogens with one attached hydrogen (secondary N) is 1. The summed E-state index contributed by atoms with van der Waals surface area (Å²) < 4.78 is 4.92. The van der Waals surface area contributed by atoms with E-state index >= 15 is 0 Å². The third kappa shape index (κ3) is 4.14. The van der Waals surface area contributed by atoms with Crippen LogP contribution in [0.5, 0.6) is 0 Å². The fourth-order valence-electron chi connectivity index (χ4n) is 1.60. The van der Waals surface area contributed by atoms with E-state index in [1.807, 2.05) is 50.2 Å². The van der Waals surface area contributed by atoms with Crippen molar-refractivity contribution in [1.82, 2.24) is 5.32 Å². The molecule has 0 saturated carbocycles. The van der Waals surface area contributed by atoms with E-state index in [4.69, 9.17) is 4.74 Å². The molecule has 0 saturated heterocycles. The number of carbonyl (C=O) groups is 1. The fraction of sp³-hybridized carbons (Fsp3) is 0.333. The Kier molecular flexibility index (Phi) is 5.62. The lowest BCUT2D eigenvalue weighted by Crippen LogP contribution is -2.24. The SMILES string of the molecule is CCOC(=O)/C(C#N)=C(\NC(C)C)c1ccccc1. The summed E-state index contributed by atoms with van der Waals surface area (Å²) in [6.45, 7) is 5.85. The standard InChI is InChI=1S/C15H18N2O2/c1-4-19-15(18)13(10-16)14(17-11(2)3)12-8-6-5-7-9-12/h5-9,11,17H,4H2,1-3H3/b14-13-. The molecule has 0 radical (unpaired) electrons. The van der Waals surface area contributed by atoms with Gasteiger partial charge in [0.25, 0.3) is 0 Å². The summed E-state index contributed by atoms with van der Waals surface area (Å²) in [7, 11) is 0. The van der Waals surface area contributed by atoms with E-state index in [1.165, 1.54) is 0 Å². The Bertz CT molecular complexity index is 499. The predicted octanol–water partition coefficient (Wildman–Crippen LogP) is 2.48. The van der Waals surface area contributed by atoms with Crippen molar-refractivity contribution in [3.63, 3.8) is 0 Å². The Balaban J connectivity index is 3.28. The number of benzene rings is 1. The quantitative estimate of drug-likeness (QED) is 0.500. The Labute approximate surface area is 113 Å². The third-order valence-corrected chi connectivity index (χ3v) is 2.34. The third-order valence-electron chi connectivity index (χ3n) is 2.34. The van der Waals surface area contributed by atoms with Gasteiger partial charge in [0.2, 0.25) is 0 Å². The van der Waals surface area contributed by atoms with Gasteiger partial charge < -0.3 is 10.1 Å². The minimum atomic E-state index is -0.600. The first kappa shape index (κ1) is 14.8. The highest BCUT2D eigenvalue weighted by atomic mass is 16.5. The lowest BCUT2D eigenvalue weighted by atomic mass is 10.1. The average molecular weight is 258 g/mol. The number of nitriles is 1. The molecule has 100 valence electrons. The van der Waals surface area contributed by atoms with Gasteiger partial charge in [-0.3, -0.25) is 0 Å². The number of hydrogen-bond acceptors (Lipinski definition) is 4. The number of esters is 1. The van der Waals surface area contributed by atoms with E-state index in [0.29, 0.717) is 5.70 Å². The molecule has 1 aromatic carbocycles. The van der Waals surface area contributed by atoms with Gasteiger partial charge in [0.1, 0.15) is 6.07 Å². The monoisotopic (exact) mass is 258 g/mol. The lowest BCUT2D eigenvalue weighted by molar-refractivity contribution is -0.137. The number of rotatable bonds is 5. The van der Waals surface area contributed by atoms with Crippen LogP contribution in [0.15, 0.2) is 35.9 Å². The molecule has 0 aromatic heterocycles. The predicted molar refractivity (Wildman–Crippen MR) is 73.9 cm³/mol. The Morgan fingerprint density at radius 1 is 1.37 bits per heavy atom. The Morgan fingerprint density at radius 3 is 2.47 bits per heavy atom. The van der Waals surface area contributed by atoms with Crippen LogP contribution in [0.3, 0.4) is 0 Å². The van der Waals surface area contributed by atoms with Crippen LogP contribution in [0.1, 0.15) is 26.3 Å². The Morgan fingerprint density at radius 2 is 2.00 bits per heavy atom. The molecule has 4 heteroatoms. The van der Waals surface area contributed by atoms with Gasteiger partial charge in [-0.15, -0.1) is 0 Å². The van der Waals surface area contributed by atoms with E-state index in [1.54, 1.807) is 6.92 Å². The van der Waals surface area contributed by atoms with E-state index in [9.17, 15) is 10.1 Å². The molecule has 0 unspecified atom stereocenters. The van der Waals surface area contributed by atoms with Crippen LogP contribution in [0.2, 0.25) is 0 Å². The molecular weight excluding hydrogens is 240 g/mol. The van der Waals surface area contributed by atoms with Gasteiger partial charge in [0, 0.05) is 6.04 Å². The van der Waals surface area contributed by atoms with E-state index in [2.05, 4.69) is 5.32 Å². The minimum Gasteiger partial charge on any atom is -0.462 e. The molecule has 0 bridgehead atoms. The maximum absolute atomic E-state index is 11.8. The molecule has 0 aliphatic heterocycles. The fourth-order valence-corrected chi connectivity index (χ4v) is 1.60. The smallest absolute Gasteiger partial charge is 0.351 e. The molecule has 1 N–H and O–H groups in total. The molecule has 0 atom stereocenters. The number of nitrogens with zero attached hydrogens (tertiary/aromatic N) is 1. The van der Waals surface area contributed by atoms with Gasteiger partial charge in [0.05, 0.1) is 12.3 Å². The summed E-state index contributed by atoms with van der Waals surface area (Å²) in [6.07, 6.45) is 0. The van der Waals surface area contributed by atoms with Crippen LogP contribution in [0, 0.1) is 11.3 Å². The van der Waals surface area contributed by atoms with Gasteiger partial charge in [-0.25, -0.2) is 4.79 Å². The van der Waals surface area contributed by atoms with Gasteiger partial charge >= 0.3 is 5.97 Å². The first-order valence-corrected chi connectivity index (χ1v) is 6.23. The second-order valence-corrected chi connectivity index (χ2v) is 4.25. The maximum atomic E-state index is 11.8. The van der Waals surface area contributed by atoms with Crippen molar-refractivity contribution in [2.24, 2.45) is 0 Å². The van der Waals surface area contributed by atoms with Crippen LogP contribution >= 0.6 is 0 Å². The Hall–Kier alpha value is -2.28. The first-order valence-electron chi connectivity index (χ1n) is 6.23. The van der Waals surface area contributed by atoms with Crippen LogP contribution in [0.4, 0.5) is 0 Å². The van der Waals surface area contributed by atoms with Gasteiger partial charge in [-0.05, 0) is 26.3 Å². The molecule has 1 aromatic rings. The zero-order valence-electron chi connectivity index (χ0n) is 11.4. The summed E-state index contributed by atoms with van der Waals surface area (Å²) in [6, 6.07) is 11.3. The topological polar surface area (TPSA) is 62.1 Å². The highest BCUT2D eigenvalue weighted by molar-refractivity contribution is 6.01. The molecule has 0 heterocycles. The second-order valence-electron chi connectivity index (χ2n) is 4.25. The zero-order valence-corrected chi connectivity index (χ0v) is 11.4. The van der Waals surface area contributed by atoms with E-state index < -0.39 is 5.97 Å². The zero-order chi connectivity index (χ0) is 14.3. The second kappa shape index (κ2) is 7.22. The van der Waals surface area contributed by atoms with Gasteiger partial charge in [-0.2, -0.15) is 5.26 Å². The summed E-state index contributed by atoms with van der Waals surface area (Å²) in [5.41, 5.74) is 1.30. The number of carbonyl (C=O) groups excluding carboxylic acids is 1. The molecule has 1 rings (SSSR count). The summed E-state index contributed by atoms with van der Waals surface area (Å²) in [5.74, 6) is -0.600. The lowest BCUT2D eigenvalue weighted by Gasteiger charge is -2.16. The number of hydrogen-bond donors (Lipinski definition) is 1. The molecule has 0 aliphatic rings. The minimum absolute atomic E-state index is 0.00162. The van der Waals surface area contributed by atoms with Crippen LogP contribution in [0.25, 0.3) is 5.70 Å².